The molecule has 0 bridgehead atoms. The molecule has 1 heterocycles. The normalized spacial score (nSPS) is 22.4. The zero-order valence-corrected chi connectivity index (χ0v) is 11.1. The highest BCUT2D eigenvalue weighted by Gasteiger charge is 2.27. The molecule has 0 radical (unpaired) electrons. The predicted octanol–water partition coefficient (Wildman–Crippen LogP) is 2.56. The fourth-order valence-electron chi connectivity index (χ4n) is 1.93. The van der Waals surface area contributed by atoms with Crippen molar-refractivity contribution >= 4 is 23.4 Å². The molecule has 6 nitrogen and oxygen atoms in total. The number of carboxylic acids is 1. The van der Waals surface area contributed by atoms with Crippen molar-refractivity contribution in [3.63, 3.8) is 0 Å². The van der Waals surface area contributed by atoms with Gasteiger partial charge in [0.15, 0.2) is 0 Å². The van der Waals surface area contributed by atoms with Gasteiger partial charge in [-0.05, 0) is 19.4 Å². The molecule has 2 unspecified atom stereocenters. The highest BCUT2D eigenvalue weighted by molar-refractivity contribution is 8.00. The van der Waals surface area contributed by atoms with Crippen LogP contribution < -0.4 is 0 Å². The first-order valence-electron chi connectivity index (χ1n) is 5.79. The molecule has 1 N–H and O–H groups in total. The maximum Gasteiger partial charge on any atom is 0.337 e. The first-order valence-corrected chi connectivity index (χ1v) is 6.67. The second-order valence-corrected chi connectivity index (χ2v) is 5.54. The summed E-state index contributed by atoms with van der Waals surface area (Å²) in [5.74, 6) is -1.15. The Balaban J connectivity index is 2.29. The number of hydrogen-bond donors (Lipinski definition) is 1. The van der Waals surface area contributed by atoms with Crippen molar-refractivity contribution in [2.75, 3.05) is 6.61 Å². The Hall–Kier alpha value is -1.60. The summed E-state index contributed by atoms with van der Waals surface area (Å²) in [5, 5.41) is 20.0. The Labute approximate surface area is 113 Å². The minimum atomic E-state index is -1.15. The molecule has 1 aromatic rings. The molecular formula is C12H13NO5S. The highest BCUT2D eigenvalue weighted by atomic mass is 32.2. The molecule has 1 aromatic carbocycles. The van der Waals surface area contributed by atoms with E-state index in [9.17, 15) is 14.9 Å². The van der Waals surface area contributed by atoms with E-state index in [1.54, 1.807) is 0 Å². The molecule has 2 atom stereocenters. The van der Waals surface area contributed by atoms with Crippen LogP contribution in [-0.2, 0) is 4.74 Å². The zero-order chi connectivity index (χ0) is 14.0. The lowest BCUT2D eigenvalue weighted by Crippen LogP contribution is -2.14. The topological polar surface area (TPSA) is 89.7 Å². The second-order valence-electron chi connectivity index (χ2n) is 4.26. The molecule has 1 aliphatic rings. The second kappa shape index (κ2) is 5.58. The largest absolute Gasteiger partial charge is 0.478 e. The van der Waals surface area contributed by atoms with Crippen molar-refractivity contribution in [3.05, 3.63) is 33.9 Å². The highest BCUT2D eigenvalue weighted by Crippen LogP contribution is 2.35. The Kier molecular flexibility index (Phi) is 4.06. The van der Waals surface area contributed by atoms with Gasteiger partial charge in [-0.15, -0.1) is 11.8 Å². The molecule has 0 aliphatic carbocycles. The van der Waals surface area contributed by atoms with Gasteiger partial charge in [0, 0.05) is 28.9 Å². The van der Waals surface area contributed by atoms with Gasteiger partial charge < -0.3 is 9.84 Å². The van der Waals surface area contributed by atoms with Gasteiger partial charge in [0.05, 0.1) is 16.6 Å². The molecule has 19 heavy (non-hydrogen) atoms. The summed E-state index contributed by atoms with van der Waals surface area (Å²) >= 11 is 1.41. The van der Waals surface area contributed by atoms with Gasteiger partial charge >= 0.3 is 5.97 Å². The van der Waals surface area contributed by atoms with E-state index < -0.39 is 10.9 Å². The molecule has 0 amide bonds. The summed E-state index contributed by atoms with van der Waals surface area (Å²) in [7, 11) is 0. The summed E-state index contributed by atoms with van der Waals surface area (Å²) in [5.41, 5.74) is -0.240. The Bertz CT molecular complexity index is 519. The number of aromatic carboxylic acids is 1. The van der Waals surface area contributed by atoms with Crippen molar-refractivity contribution in [1.29, 1.82) is 0 Å². The van der Waals surface area contributed by atoms with Crippen molar-refractivity contribution in [2.24, 2.45) is 0 Å². The molecule has 1 fully saturated rings. The van der Waals surface area contributed by atoms with Crippen molar-refractivity contribution in [3.8, 4) is 0 Å². The fraction of sp³-hybridized carbons (Fsp3) is 0.417. The molecule has 0 saturated carbocycles. The number of hydrogen-bond acceptors (Lipinski definition) is 5. The van der Waals surface area contributed by atoms with Gasteiger partial charge in [-0.1, -0.05) is 0 Å². The van der Waals surface area contributed by atoms with Crippen LogP contribution in [0.3, 0.4) is 0 Å². The lowest BCUT2D eigenvalue weighted by Gasteiger charge is -2.14. The molecular weight excluding hydrogens is 270 g/mol. The van der Waals surface area contributed by atoms with E-state index in [0.29, 0.717) is 11.5 Å². The Morgan fingerprint density at radius 1 is 1.58 bits per heavy atom. The molecule has 0 aromatic heterocycles. The van der Waals surface area contributed by atoms with Crippen LogP contribution in [0.2, 0.25) is 0 Å². The van der Waals surface area contributed by atoms with Gasteiger partial charge in [0.25, 0.3) is 5.69 Å². The number of rotatable bonds is 4. The third-order valence-electron chi connectivity index (χ3n) is 2.99. The van der Waals surface area contributed by atoms with Gasteiger partial charge in [0.1, 0.15) is 0 Å². The van der Waals surface area contributed by atoms with Crippen LogP contribution in [-0.4, -0.2) is 34.0 Å². The summed E-state index contributed by atoms with van der Waals surface area (Å²) in [6.45, 7) is 2.60. The number of thioether (sulfide) groups is 1. The first kappa shape index (κ1) is 13.8. The molecule has 0 spiro atoms. The van der Waals surface area contributed by atoms with E-state index in [-0.39, 0.29) is 22.6 Å². The molecule has 1 aliphatic heterocycles. The molecule has 102 valence electrons. The Morgan fingerprint density at radius 2 is 2.32 bits per heavy atom. The van der Waals surface area contributed by atoms with Gasteiger partial charge in [-0.25, -0.2) is 4.79 Å². The predicted molar refractivity (Wildman–Crippen MR) is 69.7 cm³/mol. The van der Waals surface area contributed by atoms with E-state index in [0.717, 1.165) is 12.5 Å². The van der Waals surface area contributed by atoms with Crippen LogP contribution >= 0.6 is 11.8 Å². The van der Waals surface area contributed by atoms with Crippen LogP contribution in [0.1, 0.15) is 23.7 Å². The molecule has 7 heteroatoms. The summed E-state index contributed by atoms with van der Waals surface area (Å²) in [6, 6.07) is 3.93. The summed E-state index contributed by atoms with van der Waals surface area (Å²) in [4.78, 5) is 21.8. The average molecular weight is 283 g/mol. The lowest BCUT2D eigenvalue weighted by molar-refractivity contribution is -0.384. The fourth-order valence-corrected chi connectivity index (χ4v) is 3.16. The van der Waals surface area contributed by atoms with Crippen LogP contribution in [0.4, 0.5) is 5.69 Å². The van der Waals surface area contributed by atoms with Crippen LogP contribution in [0.25, 0.3) is 0 Å². The number of nitro benzene ring substituents is 1. The number of carboxylic acid groups (broad SMARTS) is 1. The van der Waals surface area contributed by atoms with E-state index in [1.165, 1.54) is 23.9 Å². The number of nitrogens with zero attached hydrogens (tertiary/aromatic N) is 1. The molecule has 1 saturated heterocycles. The zero-order valence-electron chi connectivity index (χ0n) is 10.2. The lowest BCUT2D eigenvalue weighted by atomic mass is 10.2. The number of non-ortho nitro benzene ring substituents is 1. The third-order valence-corrected chi connectivity index (χ3v) is 4.52. The monoisotopic (exact) mass is 283 g/mol. The van der Waals surface area contributed by atoms with Crippen LogP contribution in [0.15, 0.2) is 23.1 Å². The summed E-state index contributed by atoms with van der Waals surface area (Å²) < 4.78 is 5.42. The van der Waals surface area contributed by atoms with Gasteiger partial charge in [-0.2, -0.15) is 0 Å². The smallest absolute Gasteiger partial charge is 0.337 e. The summed E-state index contributed by atoms with van der Waals surface area (Å²) in [6.07, 6.45) is 0.906. The number of carbonyl (C=O) groups is 1. The maximum atomic E-state index is 11.2. The SMILES string of the molecule is CC1OCCC1Sc1ccc([N+](=O)[O-])cc1C(=O)O. The number of ether oxygens (including phenoxy) is 1. The van der Waals surface area contributed by atoms with E-state index in [4.69, 9.17) is 9.84 Å². The number of benzene rings is 1. The minimum Gasteiger partial charge on any atom is -0.478 e. The molecule has 2 rings (SSSR count). The van der Waals surface area contributed by atoms with Crippen LogP contribution in [0, 0.1) is 10.1 Å². The quantitative estimate of drug-likeness (QED) is 0.674. The van der Waals surface area contributed by atoms with Crippen molar-refractivity contribution in [1.82, 2.24) is 0 Å². The average Bonchev–Trinajstić information content (AvgIpc) is 2.75. The van der Waals surface area contributed by atoms with Crippen LogP contribution in [0.5, 0.6) is 0 Å². The number of nitro groups is 1. The van der Waals surface area contributed by atoms with E-state index in [2.05, 4.69) is 0 Å². The maximum absolute atomic E-state index is 11.2. The van der Waals surface area contributed by atoms with Gasteiger partial charge in [-0.3, -0.25) is 10.1 Å². The third kappa shape index (κ3) is 3.05. The van der Waals surface area contributed by atoms with Crippen molar-refractivity contribution in [2.45, 2.75) is 29.6 Å². The van der Waals surface area contributed by atoms with E-state index in [1.807, 2.05) is 6.92 Å². The Morgan fingerprint density at radius 3 is 2.84 bits per heavy atom. The first-order chi connectivity index (χ1) is 8.99. The van der Waals surface area contributed by atoms with Crippen molar-refractivity contribution < 1.29 is 19.6 Å². The van der Waals surface area contributed by atoms with E-state index >= 15 is 0 Å². The standard InChI is InChI=1S/C12H13NO5S/c1-7-10(4-5-18-7)19-11-3-2-8(13(16)17)6-9(11)12(14)15/h2-3,6-7,10H,4-5H2,1H3,(H,14,15). The van der Waals surface area contributed by atoms with Gasteiger partial charge in [0.2, 0.25) is 0 Å². The minimum absolute atomic E-state index is 0.0294.